The number of pyridine rings is 1. The summed E-state index contributed by atoms with van der Waals surface area (Å²) in [7, 11) is 0. The summed E-state index contributed by atoms with van der Waals surface area (Å²) in [6.45, 7) is 13.4. The van der Waals surface area contributed by atoms with Gasteiger partial charge in [0, 0.05) is 22.7 Å². The molecule has 0 atom stereocenters. The summed E-state index contributed by atoms with van der Waals surface area (Å²) in [4.78, 5) is 10.9. The highest BCUT2D eigenvalue weighted by Gasteiger charge is 2.16. The summed E-state index contributed by atoms with van der Waals surface area (Å²) in [5, 5.41) is 1.01. The molecule has 3 heteroatoms. The molecule has 0 saturated carbocycles. The van der Waals surface area contributed by atoms with Gasteiger partial charge in [0.05, 0.1) is 6.57 Å². The Labute approximate surface area is 89.0 Å². The Hall–Kier alpha value is -1.82. The highest BCUT2D eigenvalue weighted by atomic mass is 14.9. The summed E-state index contributed by atoms with van der Waals surface area (Å²) >= 11 is 0. The highest BCUT2D eigenvalue weighted by Crippen LogP contribution is 2.26. The third-order valence-electron chi connectivity index (χ3n) is 2.39. The van der Waals surface area contributed by atoms with E-state index in [4.69, 9.17) is 6.57 Å². The van der Waals surface area contributed by atoms with Crippen LogP contribution in [0.3, 0.4) is 0 Å². The molecule has 0 radical (unpaired) electrons. The molecule has 0 saturated heterocycles. The zero-order valence-electron chi connectivity index (χ0n) is 9.13. The van der Waals surface area contributed by atoms with Crippen LogP contribution in [0.5, 0.6) is 0 Å². The second-order valence-electron chi connectivity index (χ2n) is 4.68. The van der Waals surface area contributed by atoms with Gasteiger partial charge in [0.25, 0.3) is 0 Å². The number of hydrogen-bond acceptors (Lipinski definition) is 1. The van der Waals surface area contributed by atoms with Crippen LogP contribution in [0.15, 0.2) is 18.3 Å². The lowest BCUT2D eigenvalue weighted by Gasteiger charge is -2.15. The molecule has 0 amide bonds. The molecule has 0 fully saturated rings. The largest absolute Gasteiger partial charge is 0.343 e. The van der Waals surface area contributed by atoms with Crippen molar-refractivity contribution in [2.24, 2.45) is 0 Å². The van der Waals surface area contributed by atoms with Crippen LogP contribution in [0.1, 0.15) is 26.5 Å². The predicted molar refractivity (Wildman–Crippen MR) is 61.1 cm³/mol. The van der Waals surface area contributed by atoms with E-state index in [2.05, 4.69) is 41.7 Å². The van der Waals surface area contributed by atoms with Crippen molar-refractivity contribution in [1.82, 2.24) is 9.97 Å². The van der Waals surface area contributed by atoms with Gasteiger partial charge >= 0.3 is 0 Å². The SMILES string of the molecule is [C-]#[N+]c1cnc2[nH]c(C(C)(C)C)cc2c1. The summed E-state index contributed by atoms with van der Waals surface area (Å²) in [6, 6.07) is 3.93. The third kappa shape index (κ3) is 1.71. The molecule has 2 aromatic rings. The molecule has 0 spiro atoms. The Balaban J connectivity index is 2.62. The van der Waals surface area contributed by atoms with Crippen LogP contribution >= 0.6 is 0 Å². The topological polar surface area (TPSA) is 33.0 Å². The Morgan fingerprint density at radius 1 is 1.33 bits per heavy atom. The van der Waals surface area contributed by atoms with Crippen molar-refractivity contribution in [3.05, 3.63) is 35.4 Å². The van der Waals surface area contributed by atoms with E-state index in [1.807, 2.05) is 6.07 Å². The van der Waals surface area contributed by atoms with Gasteiger partial charge in [-0.25, -0.2) is 4.85 Å². The number of aromatic amines is 1. The second-order valence-corrected chi connectivity index (χ2v) is 4.68. The van der Waals surface area contributed by atoms with Gasteiger partial charge < -0.3 is 4.98 Å². The van der Waals surface area contributed by atoms with E-state index < -0.39 is 0 Å². The fraction of sp³-hybridized carbons (Fsp3) is 0.333. The van der Waals surface area contributed by atoms with Crippen LogP contribution in [0.25, 0.3) is 15.9 Å². The molecular weight excluding hydrogens is 186 g/mol. The zero-order valence-corrected chi connectivity index (χ0v) is 9.13. The van der Waals surface area contributed by atoms with Crippen molar-refractivity contribution in [1.29, 1.82) is 0 Å². The molecule has 15 heavy (non-hydrogen) atoms. The van der Waals surface area contributed by atoms with Crippen molar-refractivity contribution < 1.29 is 0 Å². The van der Waals surface area contributed by atoms with Crippen LogP contribution in [0.2, 0.25) is 0 Å². The molecule has 0 aliphatic carbocycles. The molecule has 2 rings (SSSR count). The first-order valence-corrected chi connectivity index (χ1v) is 4.87. The van der Waals surface area contributed by atoms with E-state index in [1.165, 1.54) is 0 Å². The maximum atomic E-state index is 6.92. The minimum absolute atomic E-state index is 0.0823. The molecule has 0 bridgehead atoms. The maximum Gasteiger partial charge on any atom is 0.205 e. The van der Waals surface area contributed by atoms with E-state index in [-0.39, 0.29) is 5.41 Å². The predicted octanol–water partition coefficient (Wildman–Crippen LogP) is 3.41. The first-order chi connectivity index (χ1) is 7.00. The number of aromatic nitrogens is 2. The molecule has 2 heterocycles. The summed E-state index contributed by atoms with van der Waals surface area (Å²) < 4.78 is 0. The Morgan fingerprint density at radius 2 is 2.07 bits per heavy atom. The fourth-order valence-corrected chi connectivity index (χ4v) is 1.47. The van der Waals surface area contributed by atoms with Gasteiger partial charge in [-0.2, -0.15) is 0 Å². The summed E-state index contributed by atoms with van der Waals surface area (Å²) in [5.74, 6) is 0. The fourth-order valence-electron chi connectivity index (χ4n) is 1.47. The average Bonchev–Trinajstić information content (AvgIpc) is 2.59. The Kier molecular flexibility index (Phi) is 2.01. The van der Waals surface area contributed by atoms with Crippen molar-refractivity contribution in [3.63, 3.8) is 0 Å². The molecule has 2 aromatic heterocycles. The van der Waals surface area contributed by atoms with Gasteiger partial charge in [0.1, 0.15) is 5.65 Å². The third-order valence-corrected chi connectivity index (χ3v) is 2.39. The van der Waals surface area contributed by atoms with Gasteiger partial charge in [0.2, 0.25) is 5.69 Å². The molecule has 0 unspecified atom stereocenters. The van der Waals surface area contributed by atoms with Gasteiger partial charge in [0.15, 0.2) is 0 Å². The minimum atomic E-state index is 0.0823. The van der Waals surface area contributed by atoms with Gasteiger partial charge in [-0.3, -0.25) is 4.98 Å². The monoisotopic (exact) mass is 199 g/mol. The average molecular weight is 199 g/mol. The Morgan fingerprint density at radius 3 is 2.67 bits per heavy atom. The quantitative estimate of drug-likeness (QED) is 0.648. The number of fused-ring (bicyclic) bond motifs is 1. The summed E-state index contributed by atoms with van der Waals surface area (Å²) in [5.41, 5.74) is 2.67. The van der Waals surface area contributed by atoms with Gasteiger partial charge in [-0.15, -0.1) is 0 Å². The van der Waals surface area contributed by atoms with Crippen LogP contribution < -0.4 is 0 Å². The number of rotatable bonds is 0. The number of nitrogens with one attached hydrogen (secondary N) is 1. The lowest BCUT2D eigenvalue weighted by molar-refractivity contribution is 0.574. The molecule has 3 nitrogen and oxygen atoms in total. The van der Waals surface area contributed by atoms with Crippen LogP contribution in [0.4, 0.5) is 5.69 Å². The molecule has 76 valence electrons. The minimum Gasteiger partial charge on any atom is -0.343 e. The van der Waals surface area contributed by atoms with Crippen LogP contribution in [0, 0.1) is 6.57 Å². The number of nitrogens with zero attached hydrogens (tertiary/aromatic N) is 2. The van der Waals surface area contributed by atoms with Crippen LogP contribution in [-0.2, 0) is 5.41 Å². The second kappa shape index (κ2) is 3.09. The smallest absolute Gasteiger partial charge is 0.205 e. The van der Waals surface area contributed by atoms with Crippen molar-refractivity contribution >= 4 is 16.7 Å². The van der Waals surface area contributed by atoms with E-state index in [1.54, 1.807) is 6.20 Å². The van der Waals surface area contributed by atoms with E-state index in [9.17, 15) is 0 Å². The summed E-state index contributed by atoms with van der Waals surface area (Å²) in [6.07, 6.45) is 1.60. The van der Waals surface area contributed by atoms with Crippen LogP contribution in [-0.4, -0.2) is 9.97 Å². The first-order valence-electron chi connectivity index (χ1n) is 4.87. The van der Waals surface area contributed by atoms with Gasteiger partial charge in [-0.1, -0.05) is 20.8 Å². The van der Waals surface area contributed by atoms with E-state index in [0.29, 0.717) is 5.69 Å². The highest BCUT2D eigenvalue weighted by molar-refractivity contribution is 5.80. The number of hydrogen-bond donors (Lipinski definition) is 1. The molecule has 0 aliphatic heterocycles. The lowest BCUT2D eigenvalue weighted by atomic mass is 9.92. The Bertz CT molecular complexity index is 538. The maximum absolute atomic E-state index is 6.92. The lowest BCUT2D eigenvalue weighted by Crippen LogP contribution is -2.11. The first kappa shape index (κ1) is 9.72. The molecule has 1 N–H and O–H groups in total. The normalized spacial score (nSPS) is 11.6. The van der Waals surface area contributed by atoms with E-state index in [0.717, 1.165) is 16.7 Å². The van der Waals surface area contributed by atoms with Crippen molar-refractivity contribution in [2.45, 2.75) is 26.2 Å². The van der Waals surface area contributed by atoms with Crippen molar-refractivity contribution in [2.75, 3.05) is 0 Å². The van der Waals surface area contributed by atoms with Crippen molar-refractivity contribution in [3.8, 4) is 0 Å². The number of H-pyrrole nitrogens is 1. The molecular formula is C12H13N3. The standard InChI is InChI=1S/C12H13N3/c1-12(2,3)10-6-8-5-9(13-4)7-14-11(8)15-10/h5-7H,1-3H3,(H,14,15). The molecule has 0 aliphatic rings. The van der Waals surface area contributed by atoms with Gasteiger partial charge in [-0.05, 0) is 12.1 Å². The zero-order chi connectivity index (χ0) is 11.1. The molecule has 0 aromatic carbocycles. The van der Waals surface area contributed by atoms with E-state index >= 15 is 0 Å².